The maximum atomic E-state index is 5.32. The number of rotatable bonds is 10. The highest BCUT2D eigenvalue weighted by molar-refractivity contribution is 6.17. The molecule has 4 heterocycles. The fourth-order valence-electron chi connectivity index (χ4n) is 15.0. The van der Waals surface area contributed by atoms with Crippen molar-refractivity contribution >= 4 is 44.2 Å². The first-order chi connectivity index (χ1) is 40.5. The van der Waals surface area contributed by atoms with Crippen molar-refractivity contribution in [2.45, 2.75) is 56.4 Å². The largest absolute Gasteiger partial charge is 0.317 e. The Morgan fingerprint density at radius 3 is 1.89 bits per heavy atom. The Balaban J connectivity index is 1.00. The lowest BCUT2D eigenvalue weighted by Crippen LogP contribution is -2.44. The lowest BCUT2D eigenvalue weighted by Gasteiger charge is -2.50. The maximum absolute atomic E-state index is 5.32. The third-order valence-electron chi connectivity index (χ3n) is 18.7. The molecular weight excluding hydrogens is 993 g/mol. The summed E-state index contributed by atoms with van der Waals surface area (Å²) >= 11 is 0. The Hall–Kier alpha value is -9.64. The van der Waals surface area contributed by atoms with Gasteiger partial charge in [0.1, 0.15) is 5.82 Å². The number of imidazole rings is 1. The summed E-state index contributed by atoms with van der Waals surface area (Å²) in [6.45, 7) is 4.25. The number of aromatic nitrogens is 3. The van der Waals surface area contributed by atoms with Crippen LogP contribution < -0.4 is 0 Å². The second kappa shape index (κ2) is 19.0. The predicted octanol–water partition coefficient (Wildman–Crippen LogP) is 19.3. The molecule has 0 radical (unpaired) electrons. The van der Waals surface area contributed by atoms with Crippen LogP contribution in [-0.2, 0) is 10.8 Å². The first-order valence-corrected chi connectivity index (χ1v) is 29.3. The predicted molar refractivity (Wildman–Crippen MR) is 341 cm³/mol. The molecule has 82 heavy (non-hydrogen) atoms. The Labute approximate surface area is 479 Å². The molecule has 11 aromatic rings. The van der Waals surface area contributed by atoms with E-state index < -0.39 is 10.8 Å². The van der Waals surface area contributed by atoms with Gasteiger partial charge in [0, 0.05) is 22.0 Å². The summed E-state index contributed by atoms with van der Waals surface area (Å²) < 4.78 is 5.16. The fourth-order valence-corrected chi connectivity index (χ4v) is 15.0. The number of allylic oxidation sites excluding steroid dienone is 12. The second-order valence-electron chi connectivity index (χ2n) is 23.0. The Morgan fingerprint density at radius 1 is 0.537 bits per heavy atom. The molecule has 0 saturated heterocycles. The van der Waals surface area contributed by atoms with E-state index in [0.717, 1.165) is 65.1 Å². The highest BCUT2D eigenvalue weighted by Gasteiger charge is 2.54. The van der Waals surface area contributed by atoms with E-state index in [-0.39, 0.29) is 12.0 Å². The third kappa shape index (κ3) is 7.10. The van der Waals surface area contributed by atoms with Crippen molar-refractivity contribution in [2.75, 3.05) is 0 Å². The van der Waals surface area contributed by atoms with Gasteiger partial charge in [-0.3, -0.25) is 4.99 Å². The molecule has 2 aromatic heterocycles. The van der Waals surface area contributed by atoms with E-state index >= 15 is 0 Å². The van der Waals surface area contributed by atoms with Crippen LogP contribution in [0.15, 0.2) is 278 Å². The van der Waals surface area contributed by atoms with E-state index in [1.165, 1.54) is 94.3 Å². The molecule has 4 heteroatoms. The quantitative estimate of drug-likeness (QED) is 0.126. The van der Waals surface area contributed by atoms with Crippen molar-refractivity contribution in [3.8, 4) is 39.3 Å². The van der Waals surface area contributed by atoms with Gasteiger partial charge in [-0.2, -0.15) is 0 Å². The van der Waals surface area contributed by atoms with Gasteiger partial charge in [-0.25, -0.2) is 4.98 Å². The number of hydrogen-bond acceptors (Lipinski definition) is 2. The zero-order chi connectivity index (χ0) is 54.5. The summed E-state index contributed by atoms with van der Waals surface area (Å²) in [6, 6.07) is 76.0. The zero-order valence-electron chi connectivity index (χ0n) is 46.2. The smallest absolute Gasteiger partial charge is 0.141 e. The van der Waals surface area contributed by atoms with E-state index in [0.29, 0.717) is 0 Å². The first kappa shape index (κ1) is 48.3. The van der Waals surface area contributed by atoms with Crippen LogP contribution in [0.2, 0.25) is 0 Å². The lowest BCUT2D eigenvalue weighted by molar-refractivity contribution is 0.443. The molecule has 0 fully saturated rings. The SMILES string of the molecule is CC(=Nc1ccccc1C)c1ccc(-c2cc3c4c(c2)c2cc(-c5ccc(-c6nc7ccccc7n6C6C=CC=CC6)cc5)cc5c2n4-c2c(cccc2C5(c2ccccc2)C2C=CC=CC2)C3(C2=CCCC=C2)c2ccccc2)cc1. The molecule has 0 amide bonds. The molecule has 16 rings (SSSR count). The van der Waals surface area contributed by atoms with Gasteiger partial charge in [0.2, 0.25) is 0 Å². The number of benzene rings is 9. The van der Waals surface area contributed by atoms with Gasteiger partial charge >= 0.3 is 0 Å². The lowest BCUT2D eigenvalue weighted by atomic mass is 9.55. The molecule has 0 bridgehead atoms. The standard InChI is InChI=1S/C78H60N4/c1-51-23-18-19-36-70(51)79-52(2)53-39-41-54(42-40-53)57-47-64-65-48-58(55-43-45-56(46-44-55)76-80-71-37-20-21-38-72(71)81(76)63-32-16-7-17-33-63)50-69-74(65)82-73(64)68(49-57)77(59-24-8-3-9-25-59,60-26-10-4-11-27-60)66-34-22-35-67(75(66)82)78(69,61-28-12-5-13-29-61)62-30-14-6-15-31-62/h3,5-10,12-30,32,34-50,62-63H,4,11,31,33H2,1-2H3. The average Bonchev–Trinajstić information content (AvgIpc) is 1.41. The molecule has 392 valence electrons. The molecule has 9 aromatic carbocycles. The molecule has 2 aliphatic heterocycles. The molecule has 0 saturated carbocycles. The van der Waals surface area contributed by atoms with E-state index in [1.54, 1.807) is 0 Å². The van der Waals surface area contributed by atoms with Crippen molar-refractivity contribution in [3.05, 3.63) is 317 Å². The van der Waals surface area contributed by atoms with Gasteiger partial charge in [0.15, 0.2) is 0 Å². The summed E-state index contributed by atoms with van der Waals surface area (Å²) in [5.41, 5.74) is 24.1. The van der Waals surface area contributed by atoms with Crippen LogP contribution in [0.1, 0.15) is 83.2 Å². The highest BCUT2D eigenvalue weighted by atomic mass is 15.1. The molecule has 3 aliphatic carbocycles. The number of aliphatic imine (C=N–C) groups is 1. The van der Waals surface area contributed by atoms with Crippen LogP contribution in [0.25, 0.3) is 72.2 Å². The van der Waals surface area contributed by atoms with Crippen molar-refractivity contribution in [1.82, 2.24) is 14.1 Å². The summed E-state index contributed by atoms with van der Waals surface area (Å²) in [7, 11) is 0. The number of aryl methyl sites for hydroxylation is 1. The number of fused-ring (bicyclic) bond motifs is 2. The van der Waals surface area contributed by atoms with E-state index in [9.17, 15) is 0 Å². The van der Waals surface area contributed by atoms with Gasteiger partial charge in [-0.1, -0.05) is 225 Å². The number of nitrogens with zero attached hydrogens (tertiary/aromatic N) is 4. The summed E-state index contributed by atoms with van der Waals surface area (Å²) in [5, 5.41) is 2.52. The van der Waals surface area contributed by atoms with Gasteiger partial charge in [-0.15, -0.1) is 0 Å². The molecular formula is C78H60N4. The van der Waals surface area contributed by atoms with Crippen LogP contribution in [0.3, 0.4) is 0 Å². The van der Waals surface area contributed by atoms with Gasteiger partial charge in [0.25, 0.3) is 0 Å². The van der Waals surface area contributed by atoms with Crippen LogP contribution in [-0.4, -0.2) is 19.8 Å². The van der Waals surface area contributed by atoms with Gasteiger partial charge in [0.05, 0.1) is 50.3 Å². The Kier molecular flexibility index (Phi) is 11.2. The average molecular weight is 1050 g/mol. The summed E-state index contributed by atoms with van der Waals surface area (Å²) in [4.78, 5) is 10.4. The van der Waals surface area contributed by atoms with E-state index in [1.807, 2.05) is 0 Å². The van der Waals surface area contributed by atoms with Crippen LogP contribution in [0.5, 0.6) is 0 Å². The highest BCUT2D eigenvalue weighted by Crippen LogP contribution is 2.64. The zero-order valence-corrected chi connectivity index (χ0v) is 46.2. The molecule has 5 aliphatic rings. The van der Waals surface area contributed by atoms with Crippen molar-refractivity contribution in [3.63, 3.8) is 0 Å². The summed E-state index contributed by atoms with van der Waals surface area (Å²) in [6.07, 6.45) is 29.5. The van der Waals surface area contributed by atoms with Crippen molar-refractivity contribution in [1.29, 1.82) is 0 Å². The van der Waals surface area contributed by atoms with Gasteiger partial charge in [-0.05, 0) is 160 Å². The van der Waals surface area contributed by atoms with Gasteiger partial charge < -0.3 is 9.13 Å². The molecule has 0 spiro atoms. The van der Waals surface area contributed by atoms with Crippen LogP contribution >= 0.6 is 0 Å². The minimum atomic E-state index is -0.653. The third-order valence-corrected chi connectivity index (χ3v) is 18.7. The minimum absolute atomic E-state index is 0.115. The van der Waals surface area contributed by atoms with E-state index in [2.05, 4.69) is 290 Å². The summed E-state index contributed by atoms with van der Waals surface area (Å²) in [5.74, 6) is 1.10. The van der Waals surface area contributed by atoms with Crippen LogP contribution in [0, 0.1) is 12.8 Å². The molecule has 4 unspecified atom stereocenters. The molecule has 4 atom stereocenters. The Bertz CT molecular complexity index is 4630. The van der Waals surface area contributed by atoms with Crippen molar-refractivity contribution < 1.29 is 0 Å². The fraction of sp³-hybridized carbons (Fsp3) is 0.128. The molecule has 4 nitrogen and oxygen atoms in total. The Morgan fingerprint density at radius 2 is 1.18 bits per heavy atom. The minimum Gasteiger partial charge on any atom is -0.317 e. The maximum Gasteiger partial charge on any atom is 0.141 e. The number of hydrogen-bond donors (Lipinski definition) is 0. The van der Waals surface area contributed by atoms with Crippen molar-refractivity contribution in [2.24, 2.45) is 10.9 Å². The first-order valence-electron chi connectivity index (χ1n) is 29.3. The van der Waals surface area contributed by atoms with E-state index in [4.69, 9.17) is 9.98 Å². The monoisotopic (exact) mass is 1050 g/mol. The second-order valence-corrected chi connectivity index (χ2v) is 23.0. The normalized spacial score (nSPS) is 20.4. The number of para-hydroxylation sites is 4. The molecule has 0 N–H and O–H groups in total. The topological polar surface area (TPSA) is 35.1 Å². The van der Waals surface area contributed by atoms with Crippen LogP contribution in [0.4, 0.5) is 5.69 Å².